The van der Waals surface area contributed by atoms with Gasteiger partial charge in [-0.3, -0.25) is 0 Å². The first-order valence-electron chi connectivity index (χ1n) is 12.0. The zero-order valence-corrected chi connectivity index (χ0v) is 19.6. The molecule has 5 nitrogen and oxygen atoms in total. The Kier molecular flexibility index (Phi) is 5.58. The molecule has 0 bridgehead atoms. The average Bonchev–Trinajstić information content (AvgIpc) is 3.63. The molecule has 0 aliphatic carbocycles. The predicted molar refractivity (Wildman–Crippen MR) is 131 cm³/mol. The van der Waals surface area contributed by atoms with Gasteiger partial charge in [0, 0.05) is 41.2 Å². The molecule has 5 aromatic rings. The van der Waals surface area contributed by atoms with Crippen LogP contribution in [0.15, 0.2) is 79.1 Å². The maximum absolute atomic E-state index is 14.8. The molecule has 1 N–H and O–H groups in total. The van der Waals surface area contributed by atoms with E-state index in [9.17, 15) is 22.7 Å². The average molecular weight is 510 g/mol. The maximum atomic E-state index is 14.8. The van der Waals surface area contributed by atoms with Gasteiger partial charge in [0.1, 0.15) is 5.82 Å². The topological polar surface area (TPSA) is 52.2 Å². The molecule has 0 amide bonds. The van der Waals surface area contributed by atoms with E-state index in [1.54, 1.807) is 28.8 Å². The Bertz CT molecular complexity index is 1580. The summed E-state index contributed by atoms with van der Waals surface area (Å²) in [4.78, 5) is 0. The molecule has 1 fully saturated rings. The number of alkyl halides is 3. The number of rotatable bonds is 5. The van der Waals surface area contributed by atoms with Gasteiger partial charge in [-0.15, -0.1) is 0 Å². The lowest BCUT2D eigenvalue weighted by molar-refractivity contribution is -0.247. The van der Waals surface area contributed by atoms with Crippen LogP contribution in [-0.4, -0.2) is 38.3 Å². The van der Waals surface area contributed by atoms with Crippen LogP contribution in [-0.2, 0) is 16.9 Å². The highest BCUT2D eigenvalue weighted by atomic mass is 19.4. The Morgan fingerprint density at radius 3 is 2.51 bits per heavy atom. The van der Waals surface area contributed by atoms with Crippen LogP contribution in [0, 0.1) is 5.82 Å². The molecule has 1 aliphatic heterocycles. The third-order valence-corrected chi connectivity index (χ3v) is 7.07. The van der Waals surface area contributed by atoms with Crippen molar-refractivity contribution in [2.75, 3.05) is 6.61 Å². The molecule has 0 spiro atoms. The number of ether oxygens (including phenoxy) is 1. The molecule has 0 saturated carbocycles. The van der Waals surface area contributed by atoms with Crippen molar-refractivity contribution in [1.82, 2.24) is 14.3 Å². The predicted octanol–water partition coefficient (Wildman–Crippen LogP) is 6.10. The number of hydrogen-bond donors (Lipinski definition) is 1. The van der Waals surface area contributed by atoms with Crippen LogP contribution < -0.4 is 0 Å². The van der Waals surface area contributed by atoms with Crippen LogP contribution in [0.5, 0.6) is 0 Å². The Hall–Kier alpha value is -3.69. The summed E-state index contributed by atoms with van der Waals surface area (Å²) in [7, 11) is 0. The van der Waals surface area contributed by atoms with Crippen LogP contribution in [0.4, 0.5) is 17.6 Å². The highest BCUT2D eigenvalue weighted by Crippen LogP contribution is 2.47. The highest BCUT2D eigenvalue weighted by Gasteiger charge is 2.57. The number of fused-ring (bicyclic) bond motifs is 2. The van der Waals surface area contributed by atoms with Crippen molar-refractivity contribution in [3.05, 3.63) is 96.1 Å². The summed E-state index contributed by atoms with van der Waals surface area (Å²) in [6.07, 6.45) is -0.524. The van der Waals surface area contributed by atoms with E-state index in [0.717, 1.165) is 12.8 Å². The van der Waals surface area contributed by atoms with E-state index in [1.165, 1.54) is 59.5 Å². The van der Waals surface area contributed by atoms with E-state index in [1.807, 2.05) is 0 Å². The molecule has 2 unspecified atom stereocenters. The number of aliphatic hydroxyl groups is 1. The highest BCUT2D eigenvalue weighted by molar-refractivity contribution is 5.87. The standard InChI is InChI=1S/C28H23F4N3O2/c29-20-8-10-21(11-9-20)35-25-12-7-19(14-18(25)15-33-35)27(36,28(30,31)32)24-17-34(16-22-4-3-13-37-22)26-6-2-1-5-23(24)26/h1-2,5-12,14-15,17,22,36H,3-4,13,16H2. The Morgan fingerprint density at radius 1 is 1.00 bits per heavy atom. The smallest absolute Gasteiger partial charge is 0.376 e. The van der Waals surface area contributed by atoms with Gasteiger partial charge in [0.15, 0.2) is 0 Å². The molecule has 3 heterocycles. The van der Waals surface area contributed by atoms with Crippen molar-refractivity contribution in [2.24, 2.45) is 0 Å². The van der Waals surface area contributed by atoms with Crippen LogP contribution >= 0.6 is 0 Å². The van der Waals surface area contributed by atoms with Gasteiger partial charge in [0.2, 0.25) is 5.60 Å². The second kappa shape index (κ2) is 8.71. The number of hydrogen-bond acceptors (Lipinski definition) is 3. The van der Waals surface area contributed by atoms with Gasteiger partial charge < -0.3 is 14.4 Å². The summed E-state index contributed by atoms with van der Waals surface area (Å²) >= 11 is 0. The third kappa shape index (κ3) is 3.89. The van der Waals surface area contributed by atoms with E-state index < -0.39 is 17.6 Å². The third-order valence-electron chi connectivity index (χ3n) is 7.07. The largest absolute Gasteiger partial charge is 0.425 e. The summed E-state index contributed by atoms with van der Waals surface area (Å²) in [6.45, 7) is 1.03. The van der Waals surface area contributed by atoms with Crippen LogP contribution in [0.2, 0.25) is 0 Å². The number of benzene rings is 3. The summed E-state index contributed by atoms with van der Waals surface area (Å²) in [5.74, 6) is -0.406. The van der Waals surface area contributed by atoms with Crippen molar-refractivity contribution in [3.8, 4) is 5.69 Å². The zero-order valence-electron chi connectivity index (χ0n) is 19.6. The minimum absolute atomic E-state index is 0.0868. The fraction of sp³-hybridized carbons (Fsp3) is 0.250. The van der Waals surface area contributed by atoms with Gasteiger partial charge in [-0.1, -0.05) is 24.3 Å². The fourth-order valence-electron chi connectivity index (χ4n) is 5.21. The summed E-state index contributed by atoms with van der Waals surface area (Å²) in [5, 5.41) is 16.5. The van der Waals surface area contributed by atoms with E-state index in [4.69, 9.17) is 4.74 Å². The molecule has 1 aliphatic rings. The van der Waals surface area contributed by atoms with Crippen molar-refractivity contribution in [2.45, 2.75) is 37.3 Å². The fourth-order valence-corrected chi connectivity index (χ4v) is 5.21. The second-order valence-corrected chi connectivity index (χ2v) is 9.36. The molecular formula is C28H23F4N3O2. The van der Waals surface area contributed by atoms with Crippen molar-refractivity contribution < 1.29 is 27.4 Å². The zero-order chi connectivity index (χ0) is 25.8. The molecule has 37 heavy (non-hydrogen) atoms. The molecule has 190 valence electrons. The van der Waals surface area contributed by atoms with Crippen molar-refractivity contribution in [3.63, 3.8) is 0 Å². The molecule has 9 heteroatoms. The van der Waals surface area contributed by atoms with Crippen LogP contribution in [0.25, 0.3) is 27.5 Å². The quantitative estimate of drug-likeness (QED) is 0.292. The maximum Gasteiger partial charge on any atom is 0.425 e. The molecular weight excluding hydrogens is 486 g/mol. The molecule has 3 aromatic carbocycles. The molecule has 1 saturated heterocycles. The first-order valence-corrected chi connectivity index (χ1v) is 12.0. The van der Waals surface area contributed by atoms with Gasteiger partial charge in [0.25, 0.3) is 0 Å². The van der Waals surface area contributed by atoms with Crippen LogP contribution in [0.1, 0.15) is 24.0 Å². The Morgan fingerprint density at radius 2 is 1.78 bits per heavy atom. The number of nitrogens with zero attached hydrogens (tertiary/aromatic N) is 3. The SMILES string of the molecule is OC(c1ccc2c(cnn2-c2ccc(F)cc2)c1)(c1cn(CC2CCCO2)c2ccccc12)C(F)(F)F. The van der Waals surface area contributed by atoms with E-state index in [-0.39, 0.29) is 17.2 Å². The van der Waals surface area contributed by atoms with Gasteiger partial charge in [-0.25, -0.2) is 9.07 Å². The number of halogens is 4. The van der Waals surface area contributed by atoms with Gasteiger partial charge in [-0.05, 0) is 60.9 Å². The lowest BCUT2D eigenvalue weighted by Crippen LogP contribution is -2.43. The summed E-state index contributed by atoms with van der Waals surface area (Å²) < 4.78 is 66.7. The lowest BCUT2D eigenvalue weighted by atomic mass is 9.85. The molecule has 2 atom stereocenters. The first-order chi connectivity index (χ1) is 17.8. The minimum atomic E-state index is -5.01. The monoisotopic (exact) mass is 509 g/mol. The molecule has 2 aromatic heterocycles. The summed E-state index contributed by atoms with van der Waals surface area (Å²) in [5.41, 5.74) is -2.13. The summed E-state index contributed by atoms with van der Waals surface area (Å²) in [6, 6.07) is 16.5. The van der Waals surface area contributed by atoms with Gasteiger partial charge >= 0.3 is 6.18 Å². The van der Waals surface area contributed by atoms with E-state index in [0.29, 0.717) is 40.6 Å². The second-order valence-electron chi connectivity index (χ2n) is 9.36. The number of aromatic nitrogens is 3. The van der Waals surface area contributed by atoms with E-state index >= 15 is 0 Å². The van der Waals surface area contributed by atoms with Crippen molar-refractivity contribution >= 4 is 21.8 Å². The molecule has 0 radical (unpaired) electrons. The van der Waals surface area contributed by atoms with Gasteiger partial charge in [-0.2, -0.15) is 18.3 Å². The van der Waals surface area contributed by atoms with Gasteiger partial charge in [0.05, 0.1) is 23.5 Å². The Balaban J connectivity index is 1.49. The normalized spacial score (nSPS) is 18.0. The first kappa shape index (κ1) is 23.7. The van der Waals surface area contributed by atoms with Crippen molar-refractivity contribution in [1.29, 1.82) is 0 Å². The Labute approximate surface area is 209 Å². The molecule has 6 rings (SSSR count). The minimum Gasteiger partial charge on any atom is -0.376 e. The lowest BCUT2D eigenvalue weighted by Gasteiger charge is -2.31. The van der Waals surface area contributed by atoms with E-state index in [2.05, 4.69) is 5.10 Å². The number of para-hydroxylation sites is 1. The van der Waals surface area contributed by atoms with Crippen LogP contribution in [0.3, 0.4) is 0 Å².